The average Bonchev–Trinajstić information content (AvgIpc) is 2.53. The number of hydrogen-bond donors (Lipinski definition) is 0. The molecule has 0 aliphatic heterocycles. The Labute approximate surface area is 159 Å². The summed E-state index contributed by atoms with van der Waals surface area (Å²) in [5.41, 5.74) is 3.08. The molecule has 0 amide bonds. The van der Waals surface area contributed by atoms with Crippen molar-refractivity contribution in [2.45, 2.75) is 99.8 Å². The average molecular weight is 347 g/mol. The zero-order valence-electron chi connectivity index (χ0n) is 18.4. The molecule has 0 aromatic heterocycles. The minimum atomic E-state index is 0.640. The minimum absolute atomic E-state index is 0.640. The molecule has 0 bridgehead atoms. The second-order valence-electron chi connectivity index (χ2n) is 8.95. The topological polar surface area (TPSA) is 0 Å². The summed E-state index contributed by atoms with van der Waals surface area (Å²) in [5, 5.41) is 0. The van der Waals surface area contributed by atoms with E-state index in [2.05, 4.69) is 73.3 Å². The summed E-state index contributed by atoms with van der Waals surface area (Å²) in [6.07, 6.45) is 17.4. The summed E-state index contributed by atoms with van der Waals surface area (Å²) >= 11 is 0. The lowest BCUT2D eigenvalue weighted by atomic mass is 9.84. The van der Waals surface area contributed by atoms with Crippen LogP contribution in [0.15, 0.2) is 36.0 Å². The minimum Gasteiger partial charge on any atom is -0.103 e. The van der Waals surface area contributed by atoms with Gasteiger partial charge in [0.2, 0.25) is 0 Å². The van der Waals surface area contributed by atoms with Crippen LogP contribution in [0, 0.1) is 23.7 Å². The lowest BCUT2D eigenvalue weighted by Gasteiger charge is -2.21. The fraction of sp³-hybridized carbons (Fsp3) is 0.760. The number of rotatable bonds is 14. The highest BCUT2D eigenvalue weighted by Crippen LogP contribution is 2.28. The van der Waals surface area contributed by atoms with Crippen molar-refractivity contribution in [2.24, 2.45) is 23.7 Å². The van der Waals surface area contributed by atoms with Crippen LogP contribution >= 0.6 is 0 Å². The third kappa shape index (κ3) is 14.1. The Morgan fingerprint density at radius 3 is 1.92 bits per heavy atom. The first kappa shape index (κ1) is 24.2. The van der Waals surface area contributed by atoms with Gasteiger partial charge in [-0.2, -0.15) is 0 Å². The van der Waals surface area contributed by atoms with Crippen LogP contribution < -0.4 is 0 Å². The van der Waals surface area contributed by atoms with E-state index in [4.69, 9.17) is 0 Å². The van der Waals surface area contributed by atoms with Gasteiger partial charge >= 0.3 is 0 Å². The molecule has 0 spiro atoms. The van der Waals surface area contributed by atoms with E-state index < -0.39 is 0 Å². The number of hydrogen-bond acceptors (Lipinski definition) is 0. The molecule has 0 radical (unpaired) electrons. The first-order chi connectivity index (χ1) is 11.8. The van der Waals surface area contributed by atoms with Crippen LogP contribution in [0.2, 0.25) is 0 Å². The van der Waals surface area contributed by atoms with E-state index in [1.165, 1.54) is 56.9 Å². The van der Waals surface area contributed by atoms with E-state index in [0.29, 0.717) is 5.92 Å². The second kappa shape index (κ2) is 14.4. The third-order valence-corrected chi connectivity index (χ3v) is 5.45. The molecule has 0 fully saturated rings. The predicted octanol–water partition coefficient (Wildman–Crippen LogP) is 8.75. The van der Waals surface area contributed by atoms with E-state index in [-0.39, 0.29) is 0 Å². The fourth-order valence-corrected chi connectivity index (χ4v) is 3.28. The van der Waals surface area contributed by atoms with Gasteiger partial charge in [-0.25, -0.2) is 0 Å². The van der Waals surface area contributed by atoms with E-state index in [1.54, 1.807) is 5.57 Å². The van der Waals surface area contributed by atoms with Crippen LogP contribution in [-0.4, -0.2) is 0 Å². The van der Waals surface area contributed by atoms with Crippen molar-refractivity contribution >= 4 is 0 Å². The highest BCUT2D eigenvalue weighted by Gasteiger charge is 2.14. The van der Waals surface area contributed by atoms with Gasteiger partial charge < -0.3 is 0 Å². The van der Waals surface area contributed by atoms with Crippen molar-refractivity contribution in [2.75, 3.05) is 0 Å². The van der Waals surface area contributed by atoms with Gasteiger partial charge in [-0.3, -0.25) is 0 Å². The largest absolute Gasteiger partial charge is 0.103 e. The third-order valence-electron chi connectivity index (χ3n) is 5.45. The molecular formula is C25H46. The summed E-state index contributed by atoms with van der Waals surface area (Å²) in [5.74, 6) is 3.04. The maximum absolute atomic E-state index is 3.95. The van der Waals surface area contributed by atoms with Gasteiger partial charge in [-0.15, -0.1) is 6.58 Å². The normalized spacial score (nSPS) is 15.8. The summed E-state index contributed by atoms with van der Waals surface area (Å²) < 4.78 is 0. The Hall–Kier alpha value is -0.780. The molecular weight excluding hydrogens is 300 g/mol. The molecule has 0 saturated carbocycles. The molecule has 3 atom stereocenters. The van der Waals surface area contributed by atoms with Crippen LogP contribution in [0.25, 0.3) is 0 Å². The molecule has 0 aliphatic rings. The lowest BCUT2D eigenvalue weighted by molar-refractivity contribution is 0.394. The van der Waals surface area contributed by atoms with E-state index >= 15 is 0 Å². The molecule has 0 nitrogen and oxygen atoms in total. The van der Waals surface area contributed by atoms with Crippen molar-refractivity contribution in [3.8, 4) is 0 Å². The molecule has 0 rings (SSSR count). The Morgan fingerprint density at radius 2 is 1.36 bits per heavy atom. The molecule has 0 saturated heterocycles. The second-order valence-corrected chi connectivity index (χ2v) is 8.95. The highest BCUT2D eigenvalue weighted by atomic mass is 14.2. The molecule has 0 heteroatoms. The van der Waals surface area contributed by atoms with Crippen molar-refractivity contribution in [3.05, 3.63) is 36.0 Å². The fourth-order valence-electron chi connectivity index (χ4n) is 3.28. The van der Waals surface area contributed by atoms with Gasteiger partial charge in [0.25, 0.3) is 0 Å². The van der Waals surface area contributed by atoms with Crippen LogP contribution in [-0.2, 0) is 0 Å². The van der Waals surface area contributed by atoms with E-state index in [9.17, 15) is 0 Å². The Kier molecular flexibility index (Phi) is 13.9. The Balaban J connectivity index is 4.55. The molecule has 0 aromatic rings. The van der Waals surface area contributed by atoms with Gasteiger partial charge in [0, 0.05) is 0 Å². The summed E-state index contributed by atoms with van der Waals surface area (Å²) in [7, 11) is 0. The van der Waals surface area contributed by atoms with Crippen LogP contribution in [0.4, 0.5) is 0 Å². The van der Waals surface area contributed by atoms with Crippen molar-refractivity contribution in [1.29, 1.82) is 0 Å². The van der Waals surface area contributed by atoms with Crippen molar-refractivity contribution in [3.63, 3.8) is 0 Å². The van der Waals surface area contributed by atoms with Gasteiger partial charge in [0.05, 0.1) is 0 Å². The Morgan fingerprint density at radius 1 is 0.760 bits per heavy atom. The highest BCUT2D eigenvalue weighted by molar-refractivity contribution is 5.04. The van der Waals surface area contributed by atoms with Gasteiger partial charge in [-0.05, 0) is 89.4 Å². The maximum Gasteiger partial charge on any atom is -0.0206 e. The van der Waals surface area contributed by atoms with E-state index in [1.807, 2.05) is 0 Å². The molecule has 0 aliphatic carbocycles. The SMILES string of the molecule is C=CC(C)CCC(CCC(C)CCC=C(C)C)C(C)=CCCC(C)C. The first-order valence-corrected chi connectivity index (χ1v) is 10.7. The molecule has 25 heavy (non-hydrogen) atoms. The molecule has 146 valence electrons. The standard InChI is InChI=1S/C25H46/c1-9-22(6)16-18-25(24(8)15-11-13-21(4)5)19-17-23(7)14-10-12-20(2)3/h9,12,15,21-23,25H,1,10-11,13-14,16-19H2,2-8H3. The zero-order valence-corrected chi connectivity index (χ0v) is 18.4. The smallest absolute Gasteiger partial charge is 0.0206 e. The van der Waals surface area contributed by atoms with Crippen LogP contribution in [0.3, 0.4) is 0 Å². The predicted molar refractivity (Wildman–Crippen MR) is 117 cm³/mol. The van der Waals surface area contributed by atoms with Gasteiger partial charge in [0.15, 0.2) is 0 Å². The molecule has 0 N–H and O–H groups in total. The maximum atomic E-state index is 3.95. The molecule has 3 unspecified atom stereocenters. The van der Waals surface area contributed by atoms with Crippen molar-refractivity contribution < 1.29 is 0 Å². The summed E-state index contributed by atoms with van der Waals surface area (Å²) in [6, 6.07) is 0. The molecule has 0 aromatic carbocycles. The van der Waals surface area contributed by atoms with Crippen LogP contribution in [0.1, 0.15) is 99.8 Å². The van der Waals surface area contributed by atoms with Gasteiger partial charge in [0.1, 0.15) is 0 Å². The Bertz CT molecular complexity index is 392. The monoisotopic (exact) mass is 346 g/mol. The first-order valence-electron chi connectivity index (χ1n) is 10.7. The zero-order chi connectivity index (χ0) is 19.2. The quantitative estimate of drug-likeness (QED) is 0.276. The summed E-state index contributed by atoms with van der Waals surface area (Å²) in [6.45, 7) is 20.1. The summed E-state index contributed by atoms with van der Waals surface area (Å²) in [4.78, 5) is 0. The number of allylic oxidation sites excluding steroid dienone is 5. The van der Waals surface area contributed by atoms with Gasteiger partial charge in [-0.1, -0.05) is 63.5 Å². The van der Waals surface area contributed by atoms with E-state index in [0.717, 1.165) is 17.8 Å². The van der Waals surface area contributed by atoms with Crippen molar-refractivity contribution in [1.82, 2.24) is 0 Å². The van der Waals surface area contributed by atoms with Crippen LogP contribution in [0.5, 0.6) is 0 Å². The lowest BCUT2D eigenvalue weighted by Crippen LogP contribution is -2.07. The molecule has 0 heterocycles.